The minimum Gasteiger partial charge on any atom is -0.268 e. The van der Waals surface area contributed by atoms with E-state index in [4.69, 9.17) is 0 Å². The van der Waals surface area contributed by atoms with E-state index in [1.54, 1.807) is 6.92 Å². The molecule has 7 heavy (non-hydrogen) atoms. The van der Waals surface area contributed by atoms with Gasteiger partial charge in [0.1, 0.15) is 0 Å². The maximum atomic E-state index is 10.3. The fourth-order valence-electron chi connectivity index (χ4n) is 0.477. The number of hydrogen-bond acceptors (Lipinski definition) is 1. The second-order valence-corrected chi connectivity index (χ2v) is 1.53. The van der Waals surface area contributed by atoms with Gasteiger partial charge >= 0.3 is 0 Å². The fraction of sp³-hybridized carbons (Fsp3) is 0.400. The Balaban J connectivity index is 2.72. The van der Waals surface area contributed by atoms with Crippen molar-refractivity contribution in [2.45, 2.75) is 6.92 Å². The third-order valence-corrected chi connectivity index (χ3v) is 0.970. The van der Waals surface area contributed by atoms with Gasteiger partial charge in [-0.3, -0.25) is 4.79 Å². The van der Waals surface area contributed by atoms with Gasteiger partial charge < -0.3 is 0 Å². The Kier molecular flexibility index (Phi) is 0.855. The van der Waals surface area contributed by atoms with Crippen LogP contribution in [0.4, 0.5) is 0 Å². The van der Waals surface area contributed by atoms with Crippen LogP contribution in [-0.2, 0) is 4.79 Å². The van der Waals surface area contributed by atoms with E-state index in [9.17, 15) is 4.79 Å². The van der Waals surface area contributed by atoms with Crippen molar-refractivity contribution >= 4 is 5.91 Å². The summed E-state index contributed by atoms with van der Waals surface area (Å²) in [5.74, 6) is -0.0556. The molecule has 0 saturated carbocycles. The van der Waals surface area contributed by atoms with E-state index in [0.717, 1.165) is 5.57 Å². The highest BCUT2D eigenvalue weighted by Crippen LogP contribution is 1.97. The molecule has 1 rings (SSSR count). The molecule has 0 aliphatic carbocycles. The highest BCUT2D eigenvalue weighted by Gasteiger charge is 2.08. The van der Waals surface area contributed by atoms with Crippen LogP contribution in [0.1, 0.15) is 6.92 Å². The van der Waals surface area contributed by atoms with Crippen molar-refractivity contribution in [3.05, 3.63) is 11.6 Å². The summed E-state index contributed by atoms with van der Waals surface area (Å²) >= 11 is 0. The Hall–Kier alpha value is -0.790. The summed E-state index contributed by atoms with van der Waals surface area (Å²) in [4.78, 5) is 10.3. The van der Waals surface area contributed by atoms with Crippen LogP contribution in [0.2, 0.25) is 0 Å². The molecule has 0 fully saturated rings. The van der Waals surface area contributed by atoms with Crippen molar-refractivity contribution < 1.29 is 4.79 Å². The normalized spacial score (nSPS) is 19.0. The molecule has 2 nitrogen and oxygen atoms in total. The van der Waals surface area contributed by atoms with Gasteiger partial charge in [-0.2, -0.15) is 0 Å². The lowest BCUT2D eigenvalue weighted by Gasteiger charge is -1.81. The Bertz CT molecular complexity index is 126. The van der Waals surface area contributed by atoms with E-state index < -0.39 is 0 Å². The number of carbonyl (C=O) groups is 1. The molecule has 0 spiro atoms. The second kappa shape index (κ2) is 1.37. The van der Waals surface area contributed by atoms with Crippen LogP contribution in [0.25, 0.3) is 0 Å². The average molecular weight is 96.1 g/mol. The van der Waals surface area contributed by atoms with Gasteiger partial charge in [0.15, 0.2) is 0 Å². The van der Waals surface area contributed by atoms with Crippen LogP contribution in [0.15, 0.2) is 11.6 Å². The maximum Gasteiger partial charge on any atom is 0.268 e. The standard InChI is InChI=1S/C5H6NO/c1-4-2-3-6-5(4)7/h2H,3H2,1H3. The summed E-state index contributed by atoms with van der Waals surface area (Å²) in [5.41, 5.74) is 0.778. The molecule has 0 aromatic rings. The monoisotopic (exact) mass is 96.0 g/mol. The summed E-state index contributed by atoms with van der Waals surface area (Å²) in [6, 6.07) is 0. The highest BCUT2D eigenvalue weighted by molar-refractivity contribution is 5.94. The predicted molar refractivity (Wildman–Crippen MR) is 25.8 cm³/mol. The predicted octanol–water partition coefficient (Wildman–Crippen LogP) is 0.0773. The van der Waals surface area contributed by atoms with E-state index in [-0.39, 0.29) is 5.91 Å². The molecule has 1 aliphatic heterocycles. The van der Waals surface area contributed by atoms with E-state index >= 15 is 0 Å². The van der Waals surface area contributed by atoms with Crippen LogP contribution < -0.4 is 5.32 Å². The molecule has 37 valence electrons. The molecule has 0 bridgehead atoms. The van der Waals surface area contributed by atoms with Gasteiger partial charge in [0.05, 0.1) is 6.54 Å². The first kappa shape index (κ1) is 4.37. The zero-order valence-electron chi connectivity index (χ0n) is 4.14. The molecule has 1 radical (unpaired) electrons. The summed E-state index contributed by atoms with van der Waals surface area (Å²) < 4.78 is 0. The van der Waals surface area contributed by atoms with Gasteiger partial charge in [-0.1, -0.05) is 6.08 Å². The summed E-state index contributed by atoms with van der Waals surface area (Å²) in [5, 5.41) is 3.59. The summed E-state index contributed by atoms with van der Waals surface area (Å²) in [7, 11) is 0. The van der Waals surface area contributed by atoms with Crippen LogP contribution >= 0.6 is 0 Å². The van der Waals surface area contributed by atoms with Crippen LogP contribution in [0, 0.1) is 0 Å². The van der Waals surface area contributed by atoms with Gasteiger partial charge in [-0.15, -0.1) is 0 Å². The molecule has 0 N–H and O–H groups in total. The van der Waals surface area contributed by atoms with E-state index in [0.29, 0.717) is 6.54 Å². The summed E-state index contributed by atoms with van der Waals surface area (Å²) in [6.45, 7) is 2.36. The lowest BCUT2D eigenvalue weighted by atomic mass is 10.3. The number of amides is 1. The van der Waals surface area contributed by atoms with Crippen molar-refractivity contribution in [3.8, 4) is 0 Å². The Morgan fingerprint density at radius 1 is 1.86 bits per heavy atom. The Morgan fingerprint density at radius 3 is 2.71 bits per heavy atom. The first-order chi connectivity index (χ1) is 3.30. The molecule has 0 unspecified atom stereocenters. The Morgan fingerprint density at radius 2 is 2.57 bits per heavy atom. The van der Waals surface area contributed by atoms with Gasteiger partial charge in [0, 0.05) is 5.57 Å². The third kappa shape index (κ3) is 0.633. The van der Waals surface area contributed by atoms with Crippen molar-refractivity contribution in [1.82, 2.24) is 5.32 Å². The second-order valence-electron chi connectivity index (χ2n) is 1.53. The first-order valence-corrected chi connectivity index (χ1v) is 2.19. The van der Waals surface area contributed by atoms with Gasteiger partial charge in [-0.05, 0) is 6.92 Å². The lowest BCUT2D eigenvalue weighted by molar-refractivity contribution is -0.116. The molecule has 0 aromatic carbocycles. The van der Waals surface area contributed by atoms with Crippen LogP contribution in [0.3, 0.4) is 0 Å². The number of rotatable bonds is 0. The molecular weight excluding hydrogens is 90.1 g/mol. The quantitative estimate of drug-likeness (QED) is 0.420. The van der Waals surface area contributed by atoms with Crippen LogP contribution in [0.5, 0.6) is 0 Å². The molecule has 0 saturated heterocycles. The third-order valence-electron chi connectivity index (χ3n) is 0.970. The molecule has 1 amide bonds. The lowest BCUT2D eigenvalue weighted by Crippen LogP contribution is -2.07. The summed E-state index contributed by atoms with van der Waals surface area (Å²) in [6.07, 6.45) is 1.82. The topological polar surface area (TPSA) is 31.2 Å². The Labute approximate surface area is 42.2 Å². The van der Waals surface area contributed by atoms with E-state index in [2.05, 4.69) is 5.32 Å². The molecule has 1 heterocycles. The number of carbonyl (C=O) groups excluding carboxylic acids is 1. The molecule has 1 aliphatic rings. The number of nitrogens with zero attached hydrogens (tertiary/aromatic N) is 1. The van der Waals surface area contributed by atoms with Gasteiger partial charge in [-0.25, -0.2) is 5.32 Å². The average Bonchev–Trinajstić information content (AvgIpc) is 1.91. The SMILES string of the molecule is CC1=CC[N]C1=O. The fourth-order valence-corrected chi connectivity index (χ4v) is 0.477. The maximum absolute atomic E-state index is 10.3. The van der Waals surface area contributed by atoms with Gasteiger partial charge in [0.2, 0.25) is 0 Å². The minimum atomic E-state index is -0.0556. The largest absolute Gasteiger partial charge is 0.268 e. The zero-order valence-corrected chi connectivity index (χ0v) is 4.14. The van der Waals surface area contributed by atoms with E-state index in [1.807, 2.05) is 6.08 Å². The highest BCUT2D eigenvalue weighted by atomic mass is 16.1. The molecule has 2 heteroatoms. The molecular formula is C5H6NO. The molecule has 0 aromatic heterocycles. The van der Waals surface area contributed by atoms with Crippen LogP contribution in [-0.4, -0.2) is 12.5 Å². The van der Waals surface area contributed by atoms with Crippen molar-refractivity contribution in [2.24, 2.45) is 0 Å². The van der Waals surface area contributed by atoms with E-state index in [1.165, 1.54) is 0 Å². The van der Waals surface area contributed by atoms with Gasteiger partial charge in [0.25, 0.3) is 5.91 Å². The first-order valence-electron chi connectivity index (χ1n) is 2.19. The van der Waals surface area contributed by atoms with Crippen molar-refractivity contribution in [2.75, 3.05) is 6.54 Å². The van der Waals surface area contributed by atoms with Crippen molar-refractivity contribution in [1.29, 1.82) is 0 Å². The van der Waals surface area contributed by atoms with Crippen molar-refractivity contribution in [3.63, 3.8) is 0 Å². The number of hydrogen-bond donors (Lipinski definition) is 0. The molecule has 0 atom stereocenters. The zero-order chi connectivity index (χ0) is 5.28. The smallest absolute Gasteiger partial charge is 0.268 e. The minimum absolute atomic E-state index is 0.0556.